The summed E-state index contributed by atoms with van der Waals surface area (Å²) >= 11 is 0. The first kappa shape index (κ1) is 15.2. The lowest BCUT2D eigenvalue weighted by Crippen LogP contribution is -2.43. The first-order valence-electron chi connectivity index (χ1n) is 6.50. The predicted octanol–water partition coefficient (Wildman–Crippen LogP) is 1.42. The monoisotopic (exact) mass is 268 g/mol. The topological polar surface area (TPSA) is 95.5 Å². The van der Waals surface area contributed by atoms with Crippen LogP contribution in [0, 0.1) is 5.92 Å². The van der Waals surface area contributed by atoms with Crippen molar-refractivity contribution in [1.29, 1.82) is 0 Å². The van der Waals surface area contributed by atoms with Gasteiger partial charge < -0.3 is 10.4 Å². The van der Waals surface area contributed by atoms with E-state index in [2.05, 4.69) is 17.6 Å². The molecule has 6 nitrogen and oxygen atoms in total. The number of carbonyl (C=O) groups excluding carboxylic acids is 2. The first-order valence-corrected chi connectivity index (χ1v) is 6.50. The molecule has 19 heavy (non-hydrogen) atoms. The third-order valence-corrected chi connectivity index (χ3v) is 3.21. The summed E-state index contributed by atoms with van der Waals surface area (Å²) in [4.78, 5) is 32.9. The maximum Gasteiger partial charge on any atom is 0.328 e. The lowest BCUT2D eigenvalue weighted by molar-refractivity contribution is -0.131. The van der Waals surface area contributed by atoms with E-state index in [1.54, 1.807) is 0 Å². The van der Waals surface area contributed by atoms with E-state index in [1.807, 2.05) is 0 Å². The number of hydrogen-bond donors (Lipinski definition) is 3. The average Bonchev–Trinajstić information content (AvgIpc) is 2.52. The van der Waals surface area contributed by atoms with E-state index < -0.39 is 17.9 Å². The fourth-order valence-electron chi connectivity index (χ4n) is 2.15. The second-order valence-corrected chi connectivity index (χ2v) is 4.94. The highest BCUT2D eigenvalue weighted by atomic mass is 16.4. The molecule has 3 amide bonds. The Hall–Kier alpha value is -1.85. The normalized spacial score (nSPS) is 23.6. The Balaban J connectivity index is 2.34. The molecule has 0 bridgehead atoms. The van der Waals surface area contributed by atoms with Crippen LogP contribution in [-0.4, -0.2) is 29.1 Å². The number of aliphatic carboxylic acids is 1. The smallest absolute Gasteiger partial charge is 0.328 e. The second-order valence-electron chi connectivity index (χ2n) is 4.94. The molecule has 1 aliphatic carbocycles. The molecule has 0 aromatic carbocycles. The molecule has 0 spiro atoms. The van der Waals surface area contributed by atoms with Crippen molar-refractivity contribution in [2.45, 2.75) is 45.1 Å². The van der Waals surface area contributed by atoms with Crippen molar-refractivity contribution in [2.24, 2.45) is 5.92 Å². The average molecular weight is 268 g/mol. The van der Waals surface area contributed by atoms with Crippen LogP contribution >= 0.6 is 0 Å². The van der Waals surface area contributed by atoms with Crippen molar-refractivity contribution in [3.63, 3.8) is 0 Å². The summed E-state index contributed by atoms with van der Waals surface area (Å²) in [5.74, 6) is -1.29. The van der Waals surface area contributed by atoms with Gasteiger partial charge >= 0.3 is 12.0 Å². The second kappa shape index (κ2) is 7.56. The molecule has 1 fully saturated rings. The Morgan fingerprint density at radius 2 is 1.84 bits per heavy atom. The molecular weight excluding hydrogens is 248 g/mol. The summed E-state index contributed by atoms with van der Waals surface area (Å²) < 4.78 is 0. The molecule has 1 rings (SSSR count). The maximum absolute atomic E-state index is 11.5. The number of amides is 3. The summed E-state index contributed by atoms with van der Waals surface area (Å²) in [6, 6.07) is -0.485. The fourth-order valence-corrected chi connectivity index (χ4v) is 2.15. The highest BCUT2D eigenvalue weighted by molar-refractivity contribution is 6.02. The third-order valence-electron chi connectivity index (χ3n) is 3.21. The van der Waals surface area contributed by atoms with Crippen LogP contribution in [0.4, 0.5) is 4.79 Å². The van der Waals surface area contributed by atoms with Crippen LogP contribution < -0.4 is 10.6 Å². The van der Waals surface area contributed by atoms with Crippen molar-refractivity contribution in [1.82, 2.24) is 10.6 Å². The molecule has 0 saturated heterocycles. The van der Waals surface area contributed by atoms with Gasteiger partial charge in [0.25, 0.3) is 5.91 Å². The molecule has 6 heteroatoms. The Morgan fingerprint density at radius 1 is 1.11 bits per heavy atom. The van der Waals surface area contributed by atoms with Crippen LogP contribution in [0.2, 0.25) is 0 Å². The van der Waals surface area contributed by atoms with Gasteiger partial charge in [-0.15, -0.1) is 0 Å². The van der Waals surface area contributed by atoms with E-state index in [4.69, 9.17) is 5.11 Å². The molecule has 3 N–H and O–H groups in total. The van der Waals surface area contributed by atoms with Crippen LogP contribution in [-0.2, 0) is 9.59 Å². The van der Waals surface area contributed by atoms with Crippen LogP contribution in [0.5, 0.6) is 0 Å². The zero-order valence-corrected chi connectivity index (χ0v) is 11.0. The predicted molar refractivity (Wildman–Crippen MR) is 69.5 cm³/mol. The number of urea groups is 1. The molecular formula is C13H20N2O4. The van der Waals surface area contributed by atoms with E-state index in [1.165, 1.54) is 6.42 Å². The quantitative estimate of drug-likeness (QED) is 0.533. The summed E-state index contributed by atoms with van der Waals surface area (Å²) in [5.41, 5.74) is 0. The van der Waals surface area contributed by atoms with Gasteiger partial charge in [-0.25, -0.2) is 9.59 Å². The highest BCUT2D eigenvalue weighted by Gasteiger charge is 2.18. The van der Waals surface area contributed by atoms with E-state index in [0.717, 1.165) is 31.8 Å². The Kier molecular flexibility index (Phi) is 6.05. The number of carbonyl (C=O) groups is 3. The van der Waals surface area contributed by atoms with Crippen molar-refractivity contribution in [2.75, 3.05) is 0 Å². The van der Waals surface area contributed by atoms with Crippen molar-refractivity contribution < 1.29 is 19.5 Å². The molecule has 0 aliphatic heterocycles. The maximum atomic E-state index is 11.5. The zero-order chi connectivity index (χ0) is 14.3. The summed E-state index contributed by atoms with van der Waals surface area (Å²) in [5, 5.41) is 13.2. The van der Waals surface area contributed by atoms with Crippen LogP contribution in [0.25, 0.3) is 0 Å². The molecule has 1 aliphatic rings. The van der Waals surface area contributed by atoms with E-state index in [-0.39, 0.29) is 6.04 Å². The van der Waals surface area contributed by atoms with Crippen molar-refractivity contribution >= 4 is 17.9 Å². The van der Waals surface area contributed by atoms with Gasteiger partial charge in [0.2, 0.25) is 0 Å². The molecule has 2 unspecified atom stereocenters. The van der Waals surface area contributed by atoms with E-state index in [9.17, 15) is 14.4 Å². The lowest BCUT2D eigenvalue weighted by Gasteiger charge is -2.16. The van der Waals surface area contributed by atoms with Crippen LogP contribution in [0.15, 0.2) is 12.2 Å². The van der Waals surface area contributed by atoms with Gasteiger partial charge in [-0.3, -0.25) is 10.1 Å². The zero-order valence-electron chi connectivity index (χ0n) is 11.0. The molecule has 2 atom stereocenters. The molecule has 1 saturated carbocycles. The van der Waals surface area contributed by atoms with Gasteiger partial charge in [-0.05, 0) is 25.2 Å². The lowest BCUT2D eigenvalue weighted by atomic mass is 10.0. The summed E-state index contributed by atoms with van der Waals surface area (Å²) in [6.07, 6.45) is 6.63. The number of rotatable bonds is 3. The summed E-state index contributed by atoms with van der Waals surface area (Å²) in [6.45, 7) is 2.20. The summed E-state index contributed by atoms with van der Waals surface area (Å²) in [7, 11) is 0. The fraction of sp³-hybridized carbons (Fsp3) is 0.615. The van der Waals surface area contributed by atoms with Gasteiger partial charge in [-0.2, -0.15) is 0 Å². The van der Waals surface area contributed by atoms with Crippen molar-refractivity contribution in [3.8, 4) is 0 Å². The highest BCUT2D eigenvalue weighted by Crippen LogP contribution is 2.22. The Labute approximate surface area is 112 Å². The number of carboxylic acids is 1. The van der Waals surface area contributed by atoms with Crippen LogP contribution in [0.3, 0.4) is 0 Å². The molecule has 106 valence electrons. The van der Waals surface area contributed by atoms with E-state index in [0.29, 0.717) is 12.0 Å². The Bertz CT molecular complexity index is 379. The Morgan fingerprint density at radius 3 is 2.53 bits per heavy atom. The number of hydrogen-bond acceptors (Lipinski definition) is 3. The van der Waals surface area contributed by atoms with Gasteiger partial charge in [0.15, 0.2) is 0 Å². The van der Waals surface area contributed by atoms with Crippen molar-refractivity contribution in [3.05, 3.63) is 12.2 Å². The number of nitrogens with one attached hydrogen (secondary N) is 2. The van der Waals surface area contributed by atoms with Gasteiger partial charge in [-0.1, -0.05) is 19.8 Å². The molecule has 0 heterocycles. The largest absolute Gasteiger partial charge is 0.478 e. The molecule has 0 radical (unpaired) electrons. The SMILES string of the molecule is CC1CCCC(NC(=O)NC(=O)/C=C/C(=O)O)CC1. The minimum atomic E-state index is -1.23. The van der Waals surface area contributed by atoms with Crippen LogP contribution in [0.1, 0.15) is 39.0 Å². The third kappa shape index (κ3) is 6.59. The molecule has 0 aromatic heterocycles. The standard InChI is InChI=1S/C13H20N2O4/c1-9-3-2-4-10(6-5-9)14-13(19)15-11(16)7-8-12(17)18/h7-10H,2-6H2,1H3,(H,17,18)(H2,14,15,16,19)/b8-7+. The van der Waals surface area contributed by atoms with Gasteiger partial charge in [0, 0.05) is 18.2 Å². The number of imide groups is 1. The van der Waals surface area contributed by atoms with Gasteiger partial charge in [0.1, 0.15) is 0 Å². The minimum Gasteiger partial charge on any atom is -0.478 e. The van der Waals surface area contributed by atoms with E-state index >= 15 is 0 Å². The molecule has 0 aromatic rings. The number of carboxylic acid groups (broad SMARTS) is 1. The first-order chi connectivity index (χ1) is 8.97. The van der Waals surface area contributed by atoms with Gasteiger partial charge in [0.05, 0.1) is 0 Å². The minimum absolute atomic E-state index is 0.0844.